The van der Waals surface area contributed by atoms with Gasteiger partial charge in [-0.15, -0.1) is 0 Å². The third-order valence-corrected chi connectivity index (χ3v) is 7.02. The van der Waals surface area contributed by atoms with Crippen molar-refractivity contribution in [2.75, 3.05) is 44.8 Å². The van der Waals surface area contributed by atoms with Crippen LogP contribution in [0.2, 0.25) is 0 Å². The van der Waals surface area contributed by atoms with E-state index in [0.717, 1.165) is 38.8 Å². The zero-order chi connectivity index (χ0) is 15.1. The van der Waals surface area contributed by atoms with E-state index < -0.39 is 15.4 Å². The number of amides is 1. The maximum Gasteiger partial charge on any atom is 0.254 e. The van der Waals surface area contributed by atoms with Gasteiger partial charge >= 0.3 is 0 Å². The van der Waals surface area contributed by atoms with Crippen molar-refractivity contribution in [3.05, 3.63) is 0 Å². The number of ether oxygens (including phenoxy) is 1. The van der Waals surface area contributed by atoms with Gasteiger partial charge in [0.1, 0.15) is 5.60 Å². The fourth-order valence-electron chi connectivity index (χ4n) is 3.64. The Hall–Kier alpha value is -0.660. The summed E-state index contributed by atoms with van der Waals surface area (Å²) in [5, 5.41) is 0. The van der Waals surface area contributed by atoms with Crippen molar-refractivity contribution in [2.45, 2.75) is 37.3 Å². The molecular weight excluding hydrogens is 292 g/mol. The van der Waals surface area contributed by atoms with E-state index in [1.165, 1.54) is 0 Å². The molecule has 6 nitrogen and oxygen atoms in total. The van der Waals surface area contributed by atoms with Gasteiger partial charge in [0.15, 0.2) is 9.84 Å². The molecule has 0 spiro atoms. The molecule has 1 saturated carbocycles. The number of hydrogen-bond acceptors (Lipinski definition) is 5. The van der Waals surface area contributed by atoms with Crippen molar-refractivity contribution in [3.63, 3.8) is 0 Å². The summed E-state index contributed by atoms with van der Waals surface area (Å²) in [6.45, 7) is 2.90. The van der Waals surface area contributed by atoms with E-state index in [-0.39, 0.29) is 17.7 Å². The van der Waals surface area contributed by atoms with Crippen LogP contribution in [-0.2, 0) is 19.4 Å². The monoisotopic (exact) mass is 316 g/mol. The Morgan fingerprint density at radius 2 is 1.86 bits per heavy atom. The molecule has 3 fully saturated rings. The first-order valence-corrected chi connectivity index (χ1v) is 9.57. The van der Waals surface area contributed by atoms with Gasteiger partial charge in [-0.3, -0.25) is 9.69 Å². The number of methoxy groups -OCH3 is 1. The summed E-state index contributed by atoms with van der Waals surface area (Å²) in [7, 11) is -1.22. The lowest BCUT2D eigenvalue weighted by Gasteiger charge is -2.45. The van der Waals surface area contributed by atoms with Gasteiger partial charge in [-0.25, -0.2) is 8.42 Å². The van der Waals surface area contributed by atoms with Gasteiger partial charge in [0.2, 0.25) is 0 Å². The topological polar surface area (TPSA) is 66.9 Å². The van der Waals surface area contributed by atoms with E-state index in [9.17, 15) is 13.2 Å². The van der Waals surface area contributed by atoms with Crippen LogP contribution >= 0.6 is 0 Å². The normalized spacial score (nSPS) is 31.9. The molecule has 21 heavy (non-hydrogen) atoms. The predicted octanol–water partition coefficient (Wildman–Crippen LogP) is -0.113. The van der Waals surface area contributed by atoms with Crippen LogP contribution in [0.4, 0.5) is 0 Å². The van der Waals surface area contributed by atoms with Crippen LogP contribution in [0.3, 0.4) is 0 Å². The zero-order valence-electron chi connectivity index (χ0n) is 12.6. The minimum Gasteiger partial charge on any atom is -0.368 e. The molecule has 0 bridgehead atoms. The first-order chi connectivity index (χ1) is 9.96. The van der Waals surface area contributed by atoms with Crippen molar-refractivity contribution in [1.82, 2.24) is 9.80 Å². The summed E-state index contributed by atoms with van der Waals surface area (Å²) < 4.78 is 28.6. The second-order valence-corrected chi connectivity index (χ2v) is 8.67. The van der Waals surface area contributed by atoms with Gasteiger partial charge in [-0.1, -0.05) is 0 Å². The molecule has 0 radical (unpaired) electrons. The number of rotatable bonds is 3. The Labute approximate surface area is 126 Å². The Bertz CT molecular complexity index is 502. The number of hydrogen-bond donors (Lipinski definition) is 0. The summed E-state index contributed by atoms with van der Waals surface area (Å²) in [4.78, 5) is 16.7. The molecule has 120 valence electrons. The van der Waals surface area contributed by atoms with Crippen LogP contribution in [0, 0.1) is 0 Å². The third kappa shape index (κ3) is 2.83. The zero-order valence-corrected chi connectivity index (χ0v) is 13.4. The minimum atomic E-state index is -2.84. The molecule has 1 atom stereocenters. The van der Waals surface area contributed by atoms with E-state index in [1.807, 2.05) is 4.90 Å². The van der Waals surface area contributed by atoms with Crippen LogP contribution < -0.4 is 0 Å². The summed E-state index contributed by atoms with van der Waals surface area (Å²) in [5.74, 6) is 0.710. The summed E-state index contributed by atoms with van der Waals surface area (Å²) >= 11 is 0. The van der Waals surface area contributed by atoms with Crippen molar-refractivity contribution in [2.24, 2.45) is 0 Å². The number of carbonyl (C=O) groups is 1. The first kappa shape index (κ1) is 15.2. The smallest absolute Gasteiger partial charge is 0.254 e. The van der Waals surface area contributed by atoms with Crippen molar-refractivity contribution in [3.8, 4) is 0 Å². The molecule has 3 aliphatic rings. The molecule has 0 N–H and O–H groups in total. The van der Waals surface area contributed by atoms with Crippen LogP contribution in [0.1, 0.15) is 25.7 Å². The maximum absolute atomic E-state index is 12.6. The van der Waals surface area contributed by atoms with E-state index in [1.54, 1.807) is 7.11 Å². The molecule has 7 heteroatoms. The Morgan fingerprint density at radius 3 is 2.29 bits per heavy atom. The van der Waals surface area contributed by atoms with Gasteiger partial charge in [-0.2, -0.15) is 0 Å². The number of carbonyl (C=O) groups excluding carboxylic acids is 1. The molecule has 2 aliphatic heterocycles. The highest BCUT2D eigenvalue weighted by Crippen LogP contribution is 2.37. The quantitative estimate of drug-likeness (QED) is 0.727. The molecule has 0 aromatic rings. The standard InChI is InChI=1S/C14H24N2O4S/c1-20-14(4-2-5-14)13(17)16-8-6-15(7-9-16)12-3-10-21(18,19)11-12/h12H,2-11H2,1H3. The average Bonchev–Trinajstić information content (AvgIpc) is 2.79. The molecule has 1 amide bonds. The highest BCUT2D eigenvalue weighted by atomic mass is 32.2. The molecule has 1 aliphatic carbocycles. The fraction of sp³-hybridized carbons (Fsp3) is 0.929. The molecule has 0 aromatic carbocycles. The van der Waals surface area contributed by atoms with Crippen LogP contribution in [0.25, 0.3) is 0 Å². The lowest BCUT2D eigenvalue weighted by molar-refractivity contribution is -0.167. The highest BCUT2D eigenvalue weighted by molar-refractivity contribution is 7.91. The van der Waals surface area contributed by atoms with Gasteiger partial charge in [0.05, 0.1) is 11.5 Å². The number of piperazine rings is 1. The highest BCUT2D eigenvalue weighted by Gasteiger charge is 2.47. The average molecular weight is 316 g/mol. The molecular formula is C14H24N2O4S. The lowest BCUT2D eigenvalue weighted by atomic mass is 9.78. The lowest BCUT2D eigenvalue weighted by Crippen LogP contribution is -2.60. The van der Waals surface area contributed by atoms with E-state index in [0.29, 0.717) is 18.8 Å². The van der Waals surface area contributed by atoms with Crippen molar-refractivity contribution in [1.29, 1.82) is 0 Å². The second-order valence-electron chi connectivity index (χ2n) is 6.44. The largest absolute Gasteiger partial charge is 0.368 e. The molecule has 3 rings (SSSR count). The van der Waals surface area contributed by atoms with Gasteiger partial charge < -0.3 is 9.64 Å². The molecule has 2 saturated heterocycles. The molecule has 2 heterocycles. The summed E-state index contributed by atoms with van der Waals surface area (Å²) in [5.41, 5.74) is -0.571. The van der Waals surface area contributed by atoms with Crippen LogP contribution in [0.5, 0.6) is 0 Å². The maximum atomic E-state index is 12.6. The SMILES string of the molecule is COC1(C(=O)N2CCN(C3CCS(=O)(=O)C3)CC2)CCC1. The Morgan fingerprint density at radius 1 is 1.19 bits per heavy atom. The van der Waals surface area contributed by atoms with E-state index in [4.69, 9.17) is 4.74 Å². The van der Waals surface area contributed by atoms with Crippen LogP contribution in [0.15, 0.2) is 0 Å². The van der Waals surface area contributed by atoms with E-state index >= 15 is 0 Å². The van der Waals surface area contributed by atoms with Crippen LogP contribution in [-0.4, -0.2) is 80.6 Å². The summed E-state index contributed by atoms with van der Waals surface area (Å²) in [6.07, 6.45) is 3.44. The summed E-state index contributed by atoms with van der Waals surface area (Å²) in [6, 6.07) is 0.146. The van der Waals surface area contributed by atoms with Crippen molar-refractivity contribution >= 4 is 15.7 Å². The fourth-order valence-corrected chi connectivity index (χ4v) is 5.41. The van der Waals surface area contributed by atoms with Crippen molar-refractivity contribution < 1.29 is 17.9 Å². The molecule has 0 aromatic heterocycles. The Balaban J connectivity index is 1.55. The molecule has 1 unspecified atom stereocenters. The van der Waals surface area contributed by atoms with E-state index in [2.05, 4.69) is 4.90 Å². The second kappa shape index (κ2) is 5.52. The number of nitrogens with zero attached hydrogens (tertiary/aromatic N) is 2. The number of sulfone groups is 1. The predicted molar refractivity (Wildman–Crippen MR) is 78.8 cm³/mol. The van der Waals surface area contributed by atoms with Gasteiger partial charge in [-0.05, 0) is 25.7 Å². The first-order valence-electron chi connectivity index (χ1n) is 7.75. The van der Waals surface area contributed by atoms with Gasteiger partial charge in [0.25, 0.3) is 5.91 Å². The Kier molecular flexibility index (Phi) is 4.00. The van der Waals surface area contributed by atoms with Gasteiger partial charge in [0, 0.05) is 39.3 Å². The minimum absolute atomic E-state index is 0.120. The third-order valence-electron chi connectivity index (χ3n) is 5.27.